The van der Waals surface area contributed by atoms with Crippen LogP contribution in [0.15, 0.2) is 30.3 Å². The second-order valence-corrected chi connectivity index (χ2v) is 6.86. The number of carbonyl (C=O) groups is 2. The Morgan fingerprint density at radius 1 is 1.25 bits per heavy atom. The maximum Gasteiger partial charge on any atom is 0.410 e. The Hall–Kier alpha value is -2.28. The molecule has 3 N–H and O–H groups in total. The molecule has 2 rings (SSSR count). The van der Waals surface area contributed by atoms with Crippen molar-refractivity contribution < 1.29 is 19.1 Å². The van der Waals surface area contributed by atoms with Crippen molar-refractivity contribution in [3.8, 4) is 0 Å². The van der Waals surface area contributed by atoms with Crippen LogP contribution < -0.4 is 11.1 Å². The average molecular weight is 335 g/mol. The van der Waals surface area contributed by atoms with Crippen LogP contribution in [0.25, 0.3) is 0 Å². The molecule has 7 nitrogen and oxygen atoms in total. The van der Waals surface area contributed by atoms with Gasteiger partial charge in [0.25, 0.3) is 0 Å². The summed E-state index contributed by atoms with van der Waals surface area (Å²) in [6.07, 6.45) is -0.981. The van der Waals surface area contributed by atoms with Crippen molar-refractivity contribution in [3.05, 3.63) is 35.9 Å². The second kappa shape index (κ2) is 7.53. The zero-order valence-corrected chi connectivity index (χ0v) is 14.3. The highest BCUT2D eigenvalue weighted by atomic mass is 16.6. The van der Waals surface area contributed by atoms with E-state index >= 15 is 0 Å². The van der Waals surface area contributed by atoms with E-state index in [1.165, 1.54) is 4.90 Å². The third kappa shape index (κ3) is 5.42. The van der Waals surface area contributed by atoms with Gasteiger partial charge in [-0.3, -0.25) is 0 Å². The van der Waals surface area contributed by atoms with Crippen LogP contribution in [0, 0.1) is 0 Å². The SMILES string of the molecule is CC(C)(C)OC(=O)N1C[C@H](N)[C@H](NC(=O)OCc2ccccc2)C1. The molecule has 0 bridgehead atoms. The predicted octanol–water partition coefficient (Wildman–Crippen LogP) is 1.86. The van der Waals surface area contributed by atoms with Crippen LogP contribution in [0.3, 0.4) is 0 Å². The lowest BCUT2D eigenvalue weighted by molar-refractivity contribution is 0.0288. The van der Waals surface area contributed by atoms with Crippen LogP contribution >= 0.6 is 0 Å². The number of nitrogens with one attached hydrogen (secondary N) is 1. The molecule has 7 heteroatoms. The summed E-state index contributed by atoms with van der Waals surface area (Å²) < 4.78 is 10.5. The molecular formula is C17H25N3O4. The van der Waals surface area contributed by atoms with Crippen LogP contribution in [-0.2, 0) is 16.1 Å². The number of benzene rings is 1. The largest absolute Gasteiger partial charge is 0.445 e. The first-order valence-corrected chi connectivity index (χ1v) is 7.95. The Balaban J connectivity index is 1.80. The summed E-state index contributed by atoms with van der Waals surface area (Å²) in [6, 6.07) is 8.68. The fraction of sp³-hybridized carbons (Fsp3) is 0.529. The monoisotopic (exact) mass is 335 g/mol. The normalized spacial score (nSPS) is 20.6. The van der Waals surface area contributed by atoms with E-state index in [0.717, 1.165) is 5.56 Å². The Morgan fingerprint density at radius 2 is 1.92 bits per heavy atom. The van der Waals surface area contributed by atoms with Crippen molar-refractivity contribution in [2.24, 2.45) is 5.73 Å². The fourth-order valence-corrected chi connectivity index (χ4v) is 2.37. The van der Waals surface area contributed by atoms with Crippen LogP contribution in [0.5, 0.6) is 0 Å². The first-order valence-electron chi connectivity index (χ1n) is 7.95. The molecule has 1 saturated heterocycles. The summed E-state index contributed by atoms with van der Waals surface area (Å²) in [5, 5.41) is 2.71. The van der Waals surface area contributed by atoms with Crippen LogP contribution in [0.4, 0.5) is 9.59 Å². The molecule has 0 aromatic heterocycles. The van der Waals surface area contributed by atoms with Crippen LogP contribution in [0.2, 0.25) is 0 Å². The minimum absolute atomic E-state index is 0.185. The molecule has 0 aliphatic carbocycles. The number of hydrogen-bond donors (Lipinski definition) is 2. The lowest BCUT2D eigenvalue weighted by atomic mass is 10.2. The van der Waals surface area contributed by atoms with Gasteiger partial charge in [0, 0.05) is 19.1 Å². The molecule has 1 aromatic carbocycles. The highest BCUT2D eigenvalue weighted by Gasteiger charge is 2.36. The average Bonchev–Trinajstić information content (AvgIpc) is 2.86. The summed E-state index contributed by atoms with van der Waals surface area (Å²) in [7, 11) is 0. The molecule has 1 aliphatic heterocycles. The molecule has 1 fully saturated rings. The summed E-state index contributed by atoms with van der Waals surface area (Å²) in [5.74, 6) is 0. The zero-order chi connectivity index (χ0) is 17.7. The molecule has 0 radical (unpaired) electrons. The molecule has 1 aliphatic rings. The maximum atomic E-state index is 12.1. The minimum atomic E-state index is -0.568. The van der Waals surface area contributed by atoms with Gasteiger partial charge in [-0.2, -0.15) is 0 Å². The van der Waals surface area contributed by atoms with Gasteiger partial charge < -0.3 is 25.4 Å². The van der Waals surface area contributed by atoms with Gasteiger partial charge in [-0.1, -0.05) is 30.3 Å². The molecule has 132 valence electrons. The molecule has 2 amide bonds. The van der Waals surface area contributed by atoms with Crippen molar-refractivity contribution in [1.82, 2.24) is 10.2 Å². The van der Waals surface area contributed by atoms with Gasteiger partial charge in [-0.05, 0) is 26.3 Å². The molecule has 0 unspecified atom stereocenters. The van der Waals surface area contributed by atoms with E-state index in [2.05, 4.69) is 5.32 Å². The van der Waals surface area contributed by atoms with Gasteiger partial charge in [0.2, 0.25) is 0 Å². The Bertz CT molecular complexity index is 571. The zero-order valence-electron chi connectivity index (χ0n) is 14.3. The first-order chi connectivity index (χ1) is 11.2. The van der Waals surface area contributed by atoms with Crippen molar-refractivity contribution in [2.75, 3.05) is 13.1 Å². The number of rotatable bonds is 3. The Kier molecular flexibility index (Phi) is 5.66. The molecular weight excluding hydrogens is 310 g/mol. The summed E-state index contributed by atoms with van der Waals surface area (Å²) in [5.41, 5.74) is 6.34. The van der Waals surface area contributed by atoms with Gasteiger partial charge in [0.05, 0.1) is 6.04 Å². The van der Waals surface area contributed by atoms with Crippen molar-refractivity contribution in [3.63, 3.8) is 0 Å². The van der Waals surface area contributed by atoms with E-state index < -0.39 is 17.8 Å². The molecule has 2 atom stereocenters. The van der Waals surface area contributed by atoms with Gasteiger partial charge in [-0.25, -0.2) is 9.59 Å². The molecule has 0 spiro atoms. The second-order valence-electron chi connectivity index (χ2n) is 6.86. The van der Waals surface area contributed by atoms with Crippen LogP contribution in [-0.4, -0.2) is 47.9 Å². The van der Waals surface area contributed by atoms with Crippen molar-refractivity contribution >= 4 is 12.2 Å². The van der Waals surface area contributed by atoms with Gasteiger partial charge in [0.15, 0.2) is 0 Å². The highest BCUT2D eigenvalue weighted by Crippen LogP contribution is 2.15. The van der Waals surface area contributed by atoms with E-state index in [-0.39, 0.29) is 18.7 Å². The lowest BCUT2D eigenvalue weighted by Crippen LogP contribution is -2.46. The quantitative estimate of drug-likeness (QED) is 0.879. The number of alkyl carbamates (subject to hydrolysis) is 1. The number of carbonyl (C=O) groups excluding carboxylic acids is 2. The van der Waals surface area contributed by atoms with E-state index in [4.69, 9.17) is 15.2 Å². The third-order valence-corrected chi connectivity index (χ3v) is 3.53. The van der Waals surface area contributed by atoms with E-state index in [1.54, 1.807) is 20.8 Å². The minimum Gasteiger partial charge on any atom is -0.445 e. The number of amides is 2. The van der Waals surface area contributed by atoms with E-state index in [0.29, 0.717) is 13.1 Å². The number of likely N-dealkylation sites (tertiary alicyclic amines) is 1. The molecule has 24 heavy (non-hydrogen) atoms. The van der Waals surface area contributed by atoms with Crippen LogP contribution in [0.1, 0.15) is 26.3 Å². The van der Waals surface area contributed by atoms with Gasteiger partial charge in [-0.15, -0.1) is 0 Å². The Labute approximate surface area is 142 Å². The number of nitrogens with two attached hydrogens (primary N) is 1. The van der Waals surface area contributed by atoms with Crippen molar-refractivity contribution in [1.29, 1.82) is 0 Å². The molecule has 0 saturated carbocycles. The maximum absolute atomic E-state index is 12.1. The first kappa shape index (κ1) is 18.1. The summed E-state index contributed by atoms with van der Waals surface area (Å²) >= 11 is 0. The molecule has 1 heterocycles. The standard InChI is InChI=1S/C17H25N3O4/c1-17(2,3)24-16(22)20-9-13(18)14(10-20)19-15(21)23-11-12-7-5-4-6-8-12/h4-8,13-14H,9-11,18H2,1-3H3,(H,19,21)/t13-,14+/m0/s1. The third-order valence-electron chi connectivity index (χ3n) is 3.53. The van der Waals surface area contributed by atoms with E-state index in [9.17, 15) is 9.59 Å². The fourth-order valence-electron chi connectivity index (χ4n) is 2.37. The lowest BCUT2D eigenvalue weighted by Gasteiger charge is -2.24. The topological polar surface area (TPSA) is 93.9 Å². The smallest absolute Gasteiger partial charge is 0.410 e. The molecule has 1 aromatic rings. The van der Waals surface area contributed by atoms with E-state index in [1.807, 2.05) is 30.3 Å². The van der Waals surface area contributed by atoms with Gasteiger partial charge in [0.1, 0.15) is 12.2 Å². The predicted molar refractivity (Wildman–Crippen MR) is 89.3 cm³/mol. The van der Waals surface area contributed by atoms with Crippen molar-refractivity contribution in [2.45, 2.75) is 45.1 Å². The summed E-state index contributed by atoms with van der Waals surface area (Å²) in [4.78, 5) is 25.5. The number of hydrogen-bond acceptors (Lipinski definition) is 5. The summed E-state index contributed by atoms with van der Waals surface area (Å²) in [6.45, 7) is 6.23. The highest BCUT2D eigenvalue weighted by molar-refractivity contribution is 5.70. The number of nitrogens with zero attached hydrogens (tertiary/aromatic N) is 1. The number of ether oxygens (including phenoxy) is 2. The Morgan fingerprint density at radius 3 is 2.54 bits per heavy atom. The van der Waals surface area contributed by atoms with Gasteiger partial charge >= 0.3 is 12.2 Å².